The van der Waals surface area contributed by atoms with Gasteiger partial charge in [-0.15, -0.1) is 0 Å². The molecule has 3 atom stereocenters. The first kappa shape index (κ1) is 22.5. The van der Waals surface area contributed by atoms with Crippen molar-refractivity contribution in [3.63, 3.8) is 0 Å². The molecular formula is C24H43NO2. The number of aliphatic hydroxyl groups excluding tert-OH is 1. The minimum Gasteiger partial charge on any atom is -0.394 e. The third-order valence-corrected chi connectivity index (χ3v) is 6.69. The summed E-state index contributed by atoms with van der Waals surface area (Å²) in [6, 6.07) is 0. The van der Waals surface area contributed by atoms with Crippen LogP contribution in [0.25, 0.3) is 0 Å². The topological polar surface area (TPSA) is 49.3 Å². The first-order valence-electron chi connectivity index (χ1n) is 11.8. The van der Waals surface area contributed by atoms with Crippen LogP contribution in [0.1, 0.15) is 110 Å². The van der Waals surface area contributed by atoms with Gasteiger partial charge in [0.1, 0.15) is 0 Å². The van der Waals surface area contributed by atoms with Crippen molar-refractivity contribution in [1.29, 1.82) is 0 Å². The Labute approximate surface area is 167 Å². The van der Waals surface area contributed by atoms with E-state index in [1.807, 2.05) is 0 Å². The standard InChI is InChI=1S/C24H43NO2/c1-2-3-4-5-6-7-8-9-10-11-12-13-14-15-23(27)25-24(20-26)19-21-16-17-22(24)18-21/h16-17,21-22,26H,2-15,18-20H2,1H3,(H,25,27)/t21-,22+,24+/m0/s1. The first-order chi connectivity index (χ1) is 13.2. The maximum absolute atomic E-state index is 12.3. The quantitative estimate of drug-likeness (QED) is 0.259. The highest BCUT2D eigenvalue weighted by Gasteiger charge is 2.48. The zero-order chi connectivity index (χ0) is 19.4. The highest BCUT2D eigenvalue weighted by Crippen LogP contribution is 2.46. The molecule has 0 aromatic heterocycles. The molecule has 1 fully saturated rings. The van der Waals surface area contributed by atoms with Gasteiger partial charge in [0.25, 0.3) is 0 Å². The summed E-state index contributed by atoms with van der Waals surface area (Å²) in [6.45, 7) is 2.34. The molecular weight excluding hydrogens is 334 g/mol. The van der Waals surface area contributed by atoms with Crippen LogP contribution in [0.5, 0.6) is 0 Å². The number of amides is 1. The molecule has 2 N–H and O–H groups in total. The van der Waals surface area contributed by atoms with Crippen molar-refractivity contribution < 1.29 is 9.90 Å². The SMILES string of the molecule is CCCCCCCCCCCCCCCC(=O)N[C@@]1(CO)C[C@H]2C=C[C@@H]1C2. The average molecular weight is 378 g/mol. The van der Waals surface area contributed by atoms with Gasteiger partial charge in [-0.1, -0.05) is 96.1 Å². The Morgan fingerprint density at radius 1 is 0.926 bits per heavy atom. The predicted molar refractivity (Wildman–Crippen MR) is 114 cm³/mol. The molecule has 0 radical (unpaired) electrons. The smallest absolute Gasteiger partial charge is 0.220 e. The van der Waals surface area contributed by atoms with Crippen molar-refractivity contribution in [1.82, 2.24) is 5.32 Å². The third-order valence-electron chi connectivity index (χ3n) is 6.69. The second kappa shape index (κ2) is 12.6. The summed E-state index contributed by atoms with van der Waals surface area (Å²) in [6.07, 6.45) is 24.3. The molecule has 2 rings (SSSR count). The third kappa shape index (κ3) is 7.60. The lowest BCUT2D eigenvalue weighted by molar-refractivity contribution is -0.124. The molecule has 0 aromatic carbocycles. The number of carbonyl (C=O) groups excluding carboxylic acids is 1. The van der Waals surface area contributed by atoms with Crippen LogP contribution in [0.2, 0.25) is 0 Å². The maximum atomic E-state index is 12.3. The lowest BCUT2D eigenvalue weighted by atomic mass is 9.85. The molecule has 0 aliphatic heterocycles. The number of allylic oxidation sites excluding steroid dienone is 1. The first-order valence-corrected chi connectivity index (χ1v) is 11.8. The lowest BCUT2D eigenvalue weighted by Gasteiger charge is -2.34. The van der Waals surface area contributed by atoms with E-state index < -0.39 is 0 Å². The number of hydrogen-bond acceptors (Lipinski definition) is 2. The van der Waals surface area contributed by atoms with Crippen LogP contribution in [0.4, 0.5) is 0 Å². The number of rotatable bonds is 16. The number of nitrogens with one attached hydrogen (secondary N) is 1. The van der Waals surface area contributed by atoms with Crippen molar-refractivity contribution in [3.8, 4) is 0 Å². The molecule has 3 nitrogen and oxygen atoms in total. The van der Waals surface area contributed by atoms with Crippen molar-refractivity contribution >= 4 is 5.91 Å². The molecule has 3 heteroatoms. The largest absolute Gasteiger partial charge is 0.394 e. The zero-order valence-electron chi connectivity index (χ0n) is 17.7. The fourth-order valence-corrected chi connectivity index (χ4v) is 4.96. The molecule has 2 bridgehead atoms. The minimum absolute atomic E-state index is 0.0723. The monoisotopic (exact) mass is 377 g/mol. The van der Waals surface area contributed by atoms with Crippen molar-refractivity contribution in [3.05, 3.63) is 12.2 Å². The second-order valence-electron chi connectivity index (χ2n) is 9.05. The Morgan fingerprint density at radius 3 is 1.93 bits per heavy atom. The Bertz CT molecular complexity index is 448. The van der Waals surface area contributed by atoms with Gasteiger partial charge in [-0.3, -0.25) is 4.79 Å². The van der Waals surface area contributed by atoms with Crippen molar-refractivity contribution in [2.24, 2.45) is 11.8 Å². The molecule has 0 aromatic rings. The van der Waals surface area contributed by atoms with Crippen LogP contribution >= 0.6 is 0 Å². The van der Waals surface area contributed by atoms with Gasteiger partial charge in [0.05, 0.1) is 12.1 Å². The fraction of sp³-hybridized carbons (Fsp3) is 0.875. The summed E-state index contributed by atoms with van der Waals surface area (Å²) in [5.74, 6) is 1.02. The van der Waals surface area contributed by atoms with E-state index in [4.69, 9.17) is 0 Å². The Morgan fingerprint density at radius 2 is 1.48 bits per heavy atom. The Hall–Kier alpha value is -0.830. The van der Waals surface area contributed by atoms with Gasteiger partial charge >= 0.3 is 0 Å². The number of aliphatic hydroxyl groups is 1. The van der Waals surface area contributed by atoms with E-state index in [0.717, 1.165) is 25.7 Å². The zero-order valence-corrected chi connectivity index (χ0v) is 17.7. The number of fused-ring (bicyclic) bond motifs is 2. The van der Waals surface area contributed by atoms with E-state index in [1.54, 1.807) is 0 Å². The van der Waals surface area contributed by atoms with Crippen LogP contribution in [-0.4, -0.2) is 23.2 Å². The van der Waals surface area contributed by atoms with Gasteiger partial charge in [-0.25, -0.2) is 0 Å². The molecule has 156 valence electrons. The van der Waals surface area contributed by atoms with E-state index in [1.165, 1.54) is 70.6 Å². The molecule has 0 unspecified atom stereocenters. The van der Waals surface area contributed by atoms with Crippen molar-refractivity contribution in [2.75, 3.05) is 6.61 Å². The van der Waals surface area contributed by atoms with Gasteiger partial charge in [0.15, 0.2) is 0 Å². The van der Waals surface area contributed by atoms with Gasteiger partial charge in [-0.2, -0.15) is 0 Å². The molecule has 0 spiro atoms. The van der Waals surface area contributed by atoms with Crippen molar-refractivity contribution in [2.45, 2.75) is 115 Å². The van der Waals surface area contributed by atoms with E-state index in [0.29, 0.717) is 18.3 Å². The maximum Gasteiger partial charge on any atom is 0.220 e. The summed E-state index contributed by atoms with van der Waals surface area (Å²) in [4.78, 5) is 12.3. The summed E-state index contributed by atoms with van der Waals surface area (Å²) in [7, 11) is 0. The number of hydrogen-bond donors (Lipinski definition) is 2. The lowest BCUT2D eigenvalue weighted by Crippen LogP contribution is -2.54. The predicted octanol–water partition coefficient (Wildman–Crippen LogP) is 5.91. The van der Waals surface area contributed by atoms with E-state index >= 15 is 0 Å². The summed E-state index contributed by atoms with van der Waals surface area (Å²) in [5.41, 5.74) is -0.368. The molecule has 1 saturated carbocycles. The number of unbranched alkanes of at least 4 members (excludes halogenated alkanes) is 12. The molecule has 0 heterocycles. The summed E-state index contributed by atoms with van der Waals surface area (Å²) >= 11 is 0. The normalized spacial score (nSPS) is 26.0. The average Bonchev–Trinajstić information content (AvgIpc) is 3.27. The Balaban J connectivity index is 1.40. The van der Waals surface area contributed by atoms with Crippen LogP contribution in [0, 0.1) is 11.8 Å². The van der Waals surface area contributed by atoms with Gasteiger partial charge in [0.2, 0.25) is 5.91 Å². The summed E-state index contributed by atoms with van der Waals surface area (Å²) < 4.78 is 0. The van der Waals surface area contributed by atoms with Crippen LogP contribution in [-0.2, 0) is 4.79 Å². The second-order valence-corrected chi connectivity index (χ2v) is 9.05. The summed E-state index contributed by atoms with van der Waals surface area (Å²) in [5, 5.41) is 13.0. The molecule has 0 saturated heterocycles. The van der Waals surface area contributed by atoms with E-state index in [-0.39, 0.29) is 18.1 Å². The number of carbonyl (C=O) groups is 1. The van der Waals surface area contributed by atoms with Gasteiger partial charge in [-0.05, 0) is 25.2 Å². The van der Waals surface area contributed by atoms with Gasteiger partial charge < -0.3 is 10.4 Å². The highest BCUT2D eigenvalue weighted by atomic mass is 16.3. The van der Waals surface area contributed by atoms with E-state index in [2.05, 4.69) is 24.4 Å². The molecule has 2 aliphatic carbocycles. The highest BCUT2D eigenvalue weighted by molar-refractivity contribution is 5.77. The van der Waals surface area contributed by atoms with E-state index in [9.17, 15) is 9.90 Å². The van der Waals surface area contributed by atoms with Crippen LogP contribution in [0.3, 0.4) is 0 Å². The molecule has 1 amide bonds. The minimum atomic E-state index is -0.368. The molecule has 2 aliphatic rings. The van der Waals surface area contributed by atoms with Crippen LogP contribution in [0.15, 0.2) is 12.2 Å². The van der Waals surface area contributed by atoms with Gasteiger partial charge in [0, 0.05) is 12.3 Å². The van der Waals surface area contributed by atoms with Crippen LogP contribution < -0.4 is 5.32 Å². The fourth-order valence-electron chi connectivity index (χ4n) is 4.96. The Kier molecular flexibility index (Phi) is 10.5. The molecule has 27 heavy (non-hydrogen) atoms.